The normalized spacial score (nSPS) is 16.4. The molecule has 1 unspecified atom stereocenters. The molecule has 2 aromatic carbocycles. The van der Waals surface area contributed by atoms with Crippen molar-refractivity contribution in [1.82, 2.24) is 9.97 Å². The molecule has 0 spiro atoms. The summed E-state index contributed by atoms with van der Waals surface area (Å²) >= 11 is 0. The fraction of sp³-hybridized carbons (Fsp3) is 0.304. The molecular weight excluding hydrogens is 396 g/mol. The van der Waals surface area contributed by atoms with Gasteiger partial charge in [-0.2, -0.15) is 0 Å². The summed E-state index contributed by atoms with van der Waals surface area (Å²) in [4.78, 5) is 9.57. The maximum Gasteiger partial charge on any atom is 0.145 e. The molecule has 162 valence electrons. The van der Waals surface area contributed by atoms with Crippen LogP contribution in [0.15, 0.2) is 48.2 Å². The summed E-state index contributed by atoms with van der Waals surface area (Å²) in [6.07, 6.45) is 1.88. The van der Waals surface area contributed by atoms with Gasteiger partial charge in [0.1, 0.15) is 28.9 Å². The first-order valence-electron chi connectivity index (χ1n) is 10.2. The molecule has 1 aliphatic rings. The van der Waals surface area contributed by atoms with Crippen LogP contribution in [0.4, 0.5) is 5.69 Å². The topological polar surface area (TPSA) is 115 Å². The van der Waals surface area contributed by atoms with E-state index in [1.807, 2.05) is 36.4 Å². The molecule has 3 aromatic rings. The summed E-state index contributed by atoms with van der Waals surface area (Å²) in [6.45, 7) is 0.0814. The van der Waals surface area contributed by atoms with Crippen LogP contribution in [0.25, 0.3) is 16.6 Å². The molecule has 4 rings (SSSR count). The molecule has 31 heavy (non-hydrogen) atoms. The molecule has 1 aromatic heterocycles. The Morgan fingerprint density at radius 2 is 1.81 bits per heavy atom. The number of ether oxygens (including phenoxy) is 2. The Morgan fingerprint density at radius 3 is 2.45 bits per heavy atom. The number of unbranched alkanes of at least 4 members (excludes halogenated alkanes) is 1. The molecule has 0 amide bonds. The Balaban J connectivity index is 1.79. The van der Waals surface area contributed by atoms with Crippen molar-refractivity contribution in [3.05, 3.63) is 54.0 Å². The first-order valence-corrected chi connectivity index (χ1v) is 10.2. The summed E-state index contributed by atoms with van der Waals surface area (Å²) in [5.41, 5.74) is 2.65. The molecule has 0 saturated carbocycles. The molecule has 8 nitrogen and oxygen atoms in total. The first kappa shape index (κ1) is 20.7. The Kier molecular flexibility index (Phi) is 5.81. The quantitative estimate of drug-likeness (QED) is 0.410. The van der Waals surface area contributed by atoms with Gasteiger partial charge in [-0.25, -0.2) is 4.98 Å². The molecule has 0 radical (unpaired) electrons. The zero-order valence-corrected chi connectivity index (χ0v) is 17.6. The lowest BCUT2D eigenvalue weighted by Crippen LogP contribution is -2.35. The van der Waals surface area contributed by atoms with Crippen molar-refractivity contribution in [2.24, 2.45) is 0 Å². The smallest absolute Gasteiger partial charge is 0.145 e. The number of aliphatic hydroxyl groups excluding tert-OH is 2. The van der Waals surface area contributed by atoms with E-state index in [9.17, 15) is 10.2 Å². The number of benzene rings is 2. The lowest BCUT2D eigenvalue weighted by molar-refractivity contribution is 0.279. The fourth-order valence-corrected chi connectivity index (χ4v) is 3.95. The molecule has 0 fully saturated rings. The van der Waals surface area contributed by atoms with E-state index < -0.39 is 6.04 Å². The minimum absolute atomic E-state index is 0.0814. The second kappa shape index (κ2) is 8.69. The third-order valence-electron chi connectivity index (χ3n) is 5.49. The van der Waals surface area contributed by atoms with Gasteiger partial charge in [-0.1, -0.05) is 12.1 Å². The average Bonchev–Trinajstić information content (AvgIpc) is 3.31. The summed E-state index contributed by atoms with van der Waals surface area (Å²) < 4.78 is 10.8. The highest BCUT2D eigenvalue weighted by Gasteiger charge is 2.39. The molecule has 1 atom stereocenters. The van der Waals surface area contributed by atoms with Crippen LogP contribution in [0.2, 0.25) is 0 Å². The van der Waals surface area contributed by atoms with Gasteiger partial charge in [-0.05, 0) is 31.4 Å². The lowest BCUT2D eigenvalue weighted by Gasteiger charge is -2.28. The number of imidazole rings is 1. The van der Waals surface area contributed by atoms with E-state index >= 15 is 0 Å². The number of H-pyrrole nitrogens is 1. The molecule has 0 aliphatic carbocycles. The van der Waals surface area contributed by atoms with Crippen molar-refractivity contribution in [1.29, 1.82) is 5.41 Å². The Morgan fingerprint density at radius 1 is 1.10 bits per heavy atom. The molecule has 4 N–H and O–H groups in total. The van der Waals surface area contributed by atoms with Crippen LogP contribution >= 0.6 is 0 Å². The van der Waals surface area contributed by atoms with Crippen LogP contribution < -0.4 is 14.4 Å². The van der Waals surface area contributed by atoms with Crippen molar-refractivity contribution in [3.63, 3.8) is 0 Å². The van der Waals surface area contributed by atoms with E-state index in [0.717, 1.165) is 11.0 Å². The van der Waals surface area contributed by atoms with E-state index in [2.05, 4.69) is 9.97 Å². The van der Waals surface area contributed by atoms with Crippen LogP contribution in [0.5, 0.6) is 11.5 Å². The molecule has 0 bridgehead atoms. The summed E-state index contributed by atoms with van der Waals surface area (Å²) in [5.74, 6) is 1.86. The zero-order valence-electron chi connectivity index (χ0n) is 17.6. The third-order valence-corrected chi connectivity index (χ3v) is 5.49. The van der Waals surface area contributed by atoms with Gasteiger partial charge >= 0.3 is 0 Å². The molecular formula is C23H26N4O4. The van der Waals surface area contributed by atoms with Crippen molar-refractivity contribution >= 4 is 28.1 Å². The number of para-hydroxylation sites is 2. The SMILES string of the molecule is COc1cc(OC)cc(N2C(=N)C(c3nc4ccccc4[nH]3)=C(O)C2CCCCO)c1. The maximum atomic E-state index is 11.2. The van der Waals surface area contributed by atoms with Gasteiger partial charge in [-0.3, -0.25) is 5.41 Å². The van der Waals surface area contributed by atoms with E-state index in [1.165, 1.54) is 0 Å². The fourth-order valence-electron chi connectivity index (χ4n) is 3.95. The number of aromatic nitrogens is 2. The van der Waals surface area contributed by atoms with E-state index in [-0.39, 0.29) is 18.2 Å². The van der Waals surface area contributed by atoms with Crippen molar-refractivity contribution in [3.8, 4) is 11.5 Å². The molecule has 1 aliphatic heterocycles. The monoisotopic (exact) mass is 422 g/mol. The van der Waals surface area contributed by atoms with Gasteiger partial charge in [0.15, 0.2) is 0 Å². The van der Waals surface area contributed by atoms with E-state index in [1.54, 1.807) is 25.2 Å². The van der Waals surface area contributed by atoms with Crippen LogP contribution in [-0.4, -0.2) is 52.9 Å². The third kappa shape index (κ3) is 3.82. The van der Waals surface area contributed by atoms with Crippen molar-refractivity contribution in [2.75, 3.05) is 25.7 Å². The molecule has 0 saturated heterocycles. The Bertz CT molecular complexity index is 1080. The van der Waals surface area contributed by atoms with E-state index in [0.29, 0.717) is 47.8 Å². The van der Waals surface area contributed by atoms with E-state index in [4.69, 9.17) is 14.9 Å². The number of fused-ring (bicyclic) bond motifs is 1. The molecule has 2 heterocycles. The number of methoxy groups -OCH3 is 2. The zero-order chi connectivity index (χ0) is 22.0. The summed E-state index contributed by atoms with van der Waals surface area (Å²) in [7, 11) is 3.14. The highest BCUT2D eigenvalue weighted by Crippen LogP contribution is 2.39. The summed E-state index contributed by atoms with van der Waals surface area (Å²) in [6, 6.07) is 12.5. The number of hydrogen-bond donors (Lipinski definition) is 4. The maximum absolute atomic E-state index is 11.2. The van der Waals surface area contributed by atoms with Gasteiger partial charge < -0.3 is 29.6 Å². The van der Waals surface area contributed by atoms with Gasteiger partial charge in [-0.15, -0.1) is 0 Å². The molecule has 8 heteroatoms. The number of anilines is 1. The number of nitrogens with one attached hydrogen (secondary N) is 2. The van der Waals surface area contributed by atoms with Crippen LogP contribution in [0.3, 0.4) is 0 Å². The second-order valence-corrected chi connectivity index (χ2v) is 7.39. The standard InChI is InChI=1S/C23H26N4O4/c1-30-15-11-14(12-16(13-15)31-2)27-19(9-5-6-10-28)21(29)20(22(27)24)23-25-17-7-3-4-8-18(17)26-23/h3-4,7-8,11-13,19,24,28-29H,5-6,9-10H2,1-2H3,(H,25,26). The van der Waals surface area contributed by atoms with Gasteiger partial charge in [0, 0.05) is 24.8 Å². The van der Waals surface area contributed by atoms with Crippen LogP contribution in [-0.2, 0) is 0 Å². The number of amidine groups is 1. The number of rotatable bonds is 8. The van der Waals surface area contributed by atoms with Crippen LogP contribution in [0, 0.1) is 5.41 Å². The highest BCUT2D eigenvalue weighted by molar-refractivity contribution is 6.31. The largest absolute Gasteiger partial charge is 0.509 e. The van der Waals surface area contributed by atoms with Crippen LogP contribution in [0.1, 0.15) is 25.1 Å². The number of hydrogen-bond acceptors (Lipinski definition) is 6. The summed E-state index contributed by atoms with van der Waals surface area (Å²) in [5, 5.41) is 29.3. The van der Waals surface area contributed by atoms with Crippen molar-refractivity contribution < 1.29 is 19.7 Å². The predicted molar refractivity (Wildman–Crippen MR) is 120 cm³/mol. The Labute approximate surface area is 180 Å². The number of nitrogens with zero attached hydrogens (tertiary/aromatic N) is 2. The van der Waals surface area contributed by atoms with Gasteiger partial charge in [0.25, 0.3) is 0 Å². The first-order chi connectivity index (χ1) is 15.1. The number of aliphatic hydroxyl groups is 2. The van der Waals surface area contributed by atoms with Gasteiger partial charge in [0.2, 0.25) is 0 Å². The van der Waals surface area contributed by atoms with Crippen molar-refractivity contribution in [2.45, 2.75) is 25.3 Å². The highest BCUT2D eigenvalue weighted by atomic mass is 16.5. The average molecular weight is 422 g/mol. The van der Waals surface area contributed by atoms with Gasteiger partial charge in [0.05, 0.1) is 42.6 Å². The minimum Gasteiger partial charge on any atom is -0.509 e. The second-order valence-electron chi connectivity index (χ2n) is 7.39. The predicted octanol–water partition coefficient (Wildman–Crippen LogP) is 3.88. The minimum atomic E-state index is -0.459. The Hall–Kier alpha value is -3.52. The number of aromatic amines is 1. The lowest BCUT2D eigenvalue weighted by atomic mass is 10.1.